The molecule has 42 heavy (non-hydrogen) atoms. The van der Waals surface area contributed by atoms with E-state index in [0.29, 0.717) is 24.9 Å². The van der Waals surface area contributed by atoms with Gasteiger partial charge in [0.1, 0.15) is 5.75 Å². The number of aromatic nitrogens is 2. The summed E-state index contributed by atoms with van der Waals surface area (Å²) in [6.45, 7) is 5.58. The minimum absolute atomic E-state index is 0.190. The van der Waals surface area contributed by atoms with Crippen molar-refractivity contribution >= 4 is 38.6 Å². The van der Waals surface area contributed by atoms with Crippen LogP contribution < -0.4 is 10.1 Å². The van der Waals surface area contributed by atoms with E-state index in [1.807, 2.05) is 11.7 Å². The third kappa shape index (κ3) is 6.45. The lowest BCUT2D eigenvalue weighted by Crippen LogP contribution is -2.39. The van der Waals surface area contributed by atoms with Gasteiger partial charge < -0.3 is 9.64 Å². The van der Waals surface area contributed by atoms with Crippen molar-refractivity contribution in [2.75, 3.05) is 19.6 Å². The highest BCUT2D eigenvalue weighted by molar-refractivity contribution is 9.10. The monoisotopic (exact) mass is 634 g/mol. The van der Waals surface area contributed by atoms with Crippen LogP contribution in [-0.4, -0.2) is 52.2 Å². The number of nitrogens with one attached hydrogen (secondary N) is 1. The van der Waals surface area contributed by atoms with Gasteiger partial charge in [-0.1, -0.05) is 47.0 Å². The van der Waals surface area contributed by atoms with Crippen LogP contribution in [0.1, 0.15) is 92.9 Å². The maximum absolute atomic E-state index is 12.5. The van der Waals surface area contributed by atoms with Crippen LogP contribution in [0, 0.1) is 12.8 Å². The molecule has 2 aliphatic heterocycles. The minimum atomic E-state index is -0.358. The number of fused-ring (bicyclic) bond motifs is 1. The number of rotatable bonds is 9. The molecule has 2 saturated heterocycles. The zero-order valence-electron chi connectivity index (χ0n) is 24.9. The molecule has 1 saturated carbocycles. The molecule has 3 aliphatic rings. The number of likely N-dealkylation sites (tertiary alicyclic amines) is 1. The van der Waals surface area contributed by atoms with Gasteiger partial charge in [0.2, 0.25) is 11.8 Å². The molecule has 7 nitrogen and oxygen atoms in total. The average molecular weight is 636 g/mol. The quantitative estimate of drug-likeness (QED) is 0.208. The molecule has 1 N–H and O–H groups in total. The smallest absolute Gasteiger partial charge is 0.235 e. The fourth-order valence-electron chi connectivity index (χ4n) is 7.28. The Labute approximate surface area is 257 Å². The molecule has 224 valence electrons. The van der Waals surface area contributed by atoms with Gasteiger partial charge in [0.25, 0.3) is 0 Å². The molecule has 2 unspecified atom stereocenters. The summed E-state index contributed by atoms with van der Waals surface area (Å²) in [7, 11) is 1.95. The number of halogens is 1. The first-order valence-electron chi connectivity index (χ1n) is 15.8. The molecule has 3 aromatic rings. The molecule has 2 aromatic carbocycles. The van der Waals surface area contributed by atoms with Crippen LogP contribution in [0.15, 0.2) is 40.9 Å². The number of piperidine rings is 1. The van der Waals surface area contributed by atoms with Crippen molar-refractivity contribution in [3.63, 3.8) is 0 Å². The Morgan fingerprint density at radius 3 is 2.69 bits per heavy atom. The number of amides is 2. The third-order valence-electron chi connectivity index (χ3n) is 9.86. The normalized spacial score (nSPS) is 25.2. The predicted octanol–water partition coefficient (Wildman–Crippen LogP) is 6.76. The fraction of sp³-hybridized carbons (Fsp3) is 0.559. The van der Waals surface area contributed by atoms with Crippen molar-refractivity contribution in [2.45, 2.75) is 89.1 Å². The van der Waals surface area contributed by atoms with E-state index in [0.717, 1.165) is 45.8 Å². The van der Waals surface area contributed by atoms with Crippen LogP contribution in [0.25, 0.3) is 10.9 Å². The van der Waals surface area contributed by atoms with Crippen molar-refractivity contribution in [3.8, 4) is 5.75 Å². The number of benzene rings is 2. The molecular weight excluding hydrogens is 592 g/mol. The van der Waals surface area contributed by atoms with E-state index in [1.54, 1.807) is 0 Å². The molecular formula is C34H43BrN4O3. The molecule has 3 fully saturated rings. The summed E-state index contributed by atoms with van der Waals surface area (Å²) in [5, 5.41) is 8.21. The largest absolute Gasteiger partial charge is 0.490 e. The summed E-state index contributed by atoms with van der Waals surface area (Å²) >= 11 is 3.62. The maximum Gasteiger partial charge on any atom is 0.235 e. The van der Waals surface area contributed by atoms with Gasteiger partial charge in [0.15, 0.2) is 0 Å². The Bertz CT molecular complexity index is 1440. The Balaban J connectivity index is 0.942. The van der Waals surface area contributed by atoms with Crippen molar-refractivity contribution in [1.82, 2.24) is 20.0 Å². The van der Waals surface area contributed by atoms with E-state index in [9.17, 15) is 9.59 Å². The summed E-state index contributed by atoms with van der Waals surface area (Å²) in [6, 6.07) is 12.9. The number of ether oxygens (including phenoxy) is 1. The number of hydrogen-bond acceptors (Lipinski definition) is 5. The van der Waals surface area contributed by atoms with Crippen LogP contribution in [0.5, 0.6) is 5.75 Å². The number of unbranched alkanes of at least 4 members (excludes halogenated alkanes) is 1. The number of hydrogen-bond donors (Lipinski definition) is 1. The molecule has 2 atom stereocenters. The molecule has 8 heteroatoms. The van der Waals surface area contributed by atoms with Gasteiger partial charge in [0.05, 0.1) is 23.2 Å². The molecule has 0 bridgehead atoms. The SMILES string of the molecule is Cc1c(Br)cccc1OC1CCC(CCCCN2CCC(c3ccc4c(C5CCC(=O)NC5=O)nn(C)c4c3)C2)CC1. The number of carbonyl (C=O) groups is 2. The lowest BCUT2D eigenvalue weighted by atomic mass is 9.84. The number of aryl methyl sites for hydroxylation is 1. The van der Waals surface area contributed by atoms with Crippen LogP contribution >= 0.6 is 15.9 Å². The van der Waals surface area contributed by atoms with Crippen molar-refractivity contribution in [3.05, 3.63) is 57.7 Å². The van der Waals surface area contributed by atoms with E-state index >= 15 is 0 Å². The topological polar surface area (TPSA) is 76.5 Å². The Kier molecular flexibility index (Phi) is 9.01. The summed E-state index contributed by atoms with van der Waals surface area (Å²) in [5.74, 6) is 1.63. The minimum Gasteiger partial charge on any atom is -0.490 e. The van der Waals surface area contributed by atoms with Crippen molar-refractivity contribution < 1.29 is 14.3 Å². The van der Waals surface area contributed by atoms with Crippen LogP contribution in [0.2, 0.25) is 0 Å². The van der Waals surface area contributed by atoms with Gasteiger partial charge in [-0.3, -0.25) is 19.6 Å². The second-order valence-corrected chi connectivity index (χ2v) is 13.5. The number of carbonyl (C=O) groups excluding carboxylic acids is 2. The molecule has 2 amide bonds. The molecule has 0 spiro atoms. The third-order valence-corrected chi connectivity index (χ3v) is 10.7. The van der Waals surface area contributed by atoms with Crippen LogP contribution in [0.3, 0.4) is 0 Å². The predicted molar refractivity (Wildman–Crippen MR) is 169 cm³/mol. The first kappa shape index (κ1) is 29.4. The fourth-order valence-corrected chi connectivity index (χ4v) is 7.63. The summed E-state index contributed by atoms with van der Waals surface area (Å²) in [4.78, 5) is 26.7. The number of nitrogens with zero attached hydrogens (tertiary/aromatic N) is 3. The van der Waals surface area contributed by atoms with E-state index < -0.39 is 0 Å². The molecule has 1 aromatic heterocycles. The van der Waals surface area contributed by atoms with Crippen molar-refractivity contribution in [2.24, 2.45) is 13.0 Å². The molecule has 1 aliphatic carbocycles. The summed E-state index contributed by atoms with van der Waals surface area (Å²) in [5.41, 5.74) is 4.41. The lowest BCUT2D eigenvalue weighted by molar-refractivity contribution is -0.134. The van der Waals surface area contributed by atoms with E-state index in [4.69, 9.17) is 9.84 Å². The van der Waals surface area contributed by atoms with Gasteiger partial charge in [0, 0.05) is 35.4 Å². The first-order chi connectivity index (χ1) is 20.4. The molecule has 0 radical (unpaired) electrons. The van der Waals surface area contributed by atoms with Crippen LogP contribution in [0.4, 0.5) is 0 Å². The van der Waals surface area contributed by atoms with Gasteiger partial charge >= 0.3 is 0 Å². The van der Waals surface area contributed by atoms with Gasteiger partial charge in [-0.25, -0.2) is 0 Å². The van der Waals surface area contributed by atoms with Gasteiger partial charge in [-0.15, -0.1) is 0 Å². The van der Waals surface area contributed by atoms with Gasteiger partial charge in [-0.05, 0) is 101 Å². The second kappa shape index (κ2) is 12.9. The number of imide groups is 1. The Hall–Kier alpha value is -2.71. The summed E-state index contributed by atoms with van der Waals surface area (Å²) in [6.07, 6.45) is 11.3. The van der Waals surface area contributed by atoms with E-state index in [-0.39, 0.29) is 17.7 Å². The standard InChI is InChI=1S/C34H43BrN4O3/c1-22-29(35)7-5-8-31(22)42-26-12-9-23(10-13-26)6-3-4-18-39-19-17-25(21-39)24-11-14-27-30(20-24)38(2)37-33(27)28-15-16-32(40)36-34(28)41/h5,7-8,11,14,20,23,25-26,28H,3-4,6,9-10,12-13,15-19,21H2,1-2H3,(H,36,40,41). The molecule has 6 rings (SSSR count). The van der Waals surface area contributed by atoms with E-state index in [2.05, 4.69) is 69.5 Å². The van der Waals surface area contributed by atoms with Gasteiger partial charge in [-0.2, -0.15) is 5.10 Å². The van der Waals surface area contributed by atoms with Crippen LogP contribution in [-0.2, 0) is 16.6 Å². The molecule has 3 heterocycles. The second-order valence-electron chi connectivity index (χ2n) is 12.7. The average Bonchev–Trinajstić information content (AvgIpc) is 3.59. The maximum atomic E-state index is 12.5. The van der Waals surface area contributed by atoms with Crippen molar-refractivity contribution in [1.29, 1.82) is 0 Å². The Morgan fingerprint density at radius 2 is 1.88 bits per heavy atom. The highest BCUT2D eigenvalue weighted by Crippen LogP contribution is 2.35. The lowest BCUT2D eigenvalue weighted by Gasteiger charge is -2.29. The summed E-state index contributed by atoms with van der Waals surface area (Å²) < 4.78 is 9.37. The zero-order chi connectivity index (χ0) is 29.2. The first-order valence-corrected chi connectivity index (χ1v) is 16.6. The highest BCUT2D eigenvalue weighted by atomic mass is 79.9. The van der Waals surface area contributed by atoms with E-state index in [1.165, 1.54) is 69.0 Å². The zero-order valence-corrected chi connectivity index (χ0v) is 26.5. The Morgan fingerprint density at radius 1 is 1.05 bits per heavy atom. The highest BCUT2D eigenvalue weighted by Gasteiger charge is 2.32.